The van der Waals surface area contributed by atoms with Crippen LogP contribution >= 0.6 is 0 Å². The Morgan fingerprint density at radius 2 is 2.09 bits per heavy atom. The monoisotopic (exact) mass is 438 g/mol. The van der Waals surface area contributed by atoms with Gasteiger partial charge in [0.2, 0.25) is 0 Å². The van der Waals surface area contributed by atoms with Gasteiger partial charge in [-0.3, -0.25) is 4.79 Å². The summed E-state index contributed by atoms with van der Waals surface area (Å²) >= 11 is 0. The van der Waals surface area contributed by atoms with Crippen molar-refractivity contribution in [3.8, 4) is 5.75 Å². The van der Waals surface area contributed by atoms with Gasteiger partial charge in [-0.05, 0) is 68.4 Å². The average molecular weight is 439 g/mol. The molecule has 9 nitrogen and oxygen atoms in total. The number of rotatable bonds is 7. The molecule has 1 aromatic heterocycles. The van der Waals surface area contributed by atoms with Crippen LogP contribution in [-0.2, 0) is 6.54 Å². The lowest BCUT2D eigenvalue weighted by Gasteiger charge is -2.27. The van der Waals surface area contributed by atoms with Crippen LogP contribution in [0.25, 0.3) is 0 Å². The molecule has 0 saturated heterocycles. The number of ether oxygens (including phenoxy) is 1. The zero-order valence-electron chi connectivity index (χ0n) is 18.7. The van der Waals surface area contributed by atoms with E-state index in [4.69, 9.17) is 15.6 Å². The molecule has 0 bridgehead atoms. The van der Waals surface area contributed by atoms with E-state index in [1.54, 1.807) is 13.2 Å². The number of aryl methyl sites for hydroxylation is 1. The third-order valence-electron chi connectivity index (χ3n) is 5.97. The number of hydrogen-bond acceptors (Lipinski definition) is 7. The Labute approximate surface area is 188 Å². The molecule has 2 heterocycles. The van der Waals surface area contributed by atoms with Crippen LogP contribution in [-0.4, -0.2) is 41.5 Å². The van der Waals surface area contributed by atoms with Crippen molar-refractivity contribution in [1.82, 2.24) is 21.0 Å². The Kier molecular flexibility index (Phi) is 6.99. The van der Waals surface area contributed by atoms with Crippen LogP contribution in [0.2, 0.25) is 0 Å². The van der Waals surface area contributed by atoms with Crippen molar-refractivity contribution < 1.29 is 15.0 Å². The Morgan fingerprint density at radius 3 is 2.88 bits per heavy atom. The molecule has 1 amide bonds. The van der Waals surface area contributed by atoms with Gasteiger partial charge in [0.1, 0.15) is 11.4 Å². The van der Waals surface area contributed by atoms with Gasteiger partial charge in [0.15, 0.2) is 0 Å². The number of amidine groups is 1. The summed E-state index contributed by atoms with van der Waals surface area (Å²) in [5.41, 5.74) is 14.1. The number of nitrogens with one attached hydrogen (secondary N) is 2. The smallest absolute Gasteiger partial charge is 0.271 e. The Balaban J connectivity index is 1.40. The lowest BCUT2D eigenvalue weighted by Crippen LogP contribution is -2.95. The molecule has 0 radical (unpaired) electrons. The molecule has 1 saturated carbocycles. The minimum atomic E-state index is -0.222. The van der Waals surface area contributed by atoms with Crippen LogP contribution in [0.3, 0.4) is 0 Å². The molecule has 0 unspecified atom stereocenters. The number of carbonyl (C=O) groups is 1. The number of nitrogens with zero attached hydrogens (tertiary/aromatic N) is 3. The summed E-state index contributed by atoms with van der Waals surface area (Å²) in [5.74, 6) is 1.93. The maximum absolute atomic E-state index is 12.8. The number of hydrazone groups is 1. The maximum atomic E-state index is 12.8. The highest BCUT2D eigenvalue weighted by atomic mass is 16.5. The maximum Gasteiger partial charge on any atom is 0.271 e. The van der Waals surface area contributed by atoms with E-state index >= 15 is 0 Å². The van der Waals surface area contributed by atoms with Crippen molar-refractivity contribution >= 4 is 11.7 Å². The van der Waals surface area contributed by atoms with Gasteiger partial charge in [-0.1, -0.05) is 22.8 Å². The normalized spacial score (nSPS) is 20.7. The first kappa shape index (κ1) is 22.2. The standard InChI is InChI=1S/C23H31N7O2/c1-15-10-18(22-27-29-30(28-22)14-16-6-8-19(24)9-7-16)12-21(26-15)23(31)25-13-17-4-3-5-20(11-17)32-2/h3-5,10-12,16,19,29H,6-9,13-14,24H2,1-2H3,(H,25,31)(H,27,28)/p+1. The number of pyridine rings is 1. The summed E-state index contributed by atoms with van der Waals surface area (Å²) in [6.07, 6.45) is 4.43. The van der Waals surface area contributed by atoms with Gasteiger partial charge < -0.3 is 15.8 Å². The van der Waals surface area contributed by atoms with Crippen molar-refractivity contribution in [3.05, 3.63) is 58.9 Å². The Bertz CT molecular complexity index is 986. The number of methoxy groups -OCH3 is 1. The zero-order valence-corrected chi connectivity index (χ0v) is 18.7. The number of quaternary nitrogens is 1. The molecule has 1 aliphatic carbocycles. The molecule has 9 heteroatoms. The van der Waals surface area contributed by atoms with Crippen LogP contribution in [0.5, 0.6) is 5.75 Å². The second kappa shape index (κ2) is 10.1. The van der Waals surface area contributed by atoms with E-state index < -0.39 is 0 Å². The van der Waals surface area contributed by atoms with Gasteiger partial charge >= 0.3 is 0 Å². The highest BCUT2D eigenvalue weighted by Gasteiger charge is 2.26. The predicted molar refractivity (Wildman–Crippen MR) is 121 cm³/mol. The van der Waals surface area contributed by atoms with Crippen LogP contribution in [0.4, 0.5) is 0 Å². The second-order valence-corrected chi connectivity index (χ2v) is 8.54. The molecule has 4 rings (SSSR count). The molecule has 0 atom stereocenters. The van der Waals surface area contributed by atoms with E-state index in [2.05, 4.69) is 15.8 Å². The lowest BCUT2D eigenvalue weighted by molar-refractivity contribution is -0.619. The molecule has 1 aliphatic heterocycles. The lowest BCUT2D eigenvalue weighted by atomic mass is 9.86. The fraction of sp³-hybridized carbons (Fsp3) is 0.435. The Hall–Kier alpha value is -3.01. The van der Waals surface area contributed by atoms with Crippen molar-refractivity contribution in [2.24, 2.45) is 16.8 Å². The zero-order chi connectivity index (χ0) is 22.5. The number of nitrogens with two attached hydrogens (primary N) is 2. The third-order valence-corrected chi connectivity index (χ3v) is 5.97. The van der Waals surface area contributed by atoms with Crippen molar-refractivity contribution in [3.63, 3.8) is 0 Å². The van der Waals surface area contributed by atoms with E-state index in [0.717, 1.165) is 60.6 Å². The van der Waals surface area contributed by atoms with E-state index in [1.165, 1.54) is 0 Å². The number of amides is 1. The molecular weight excluding hydrogens is 406 g/mol. The molecule has 0 spiro atoms. The molecule has 1 fully saturated rings. The minimum Gasteiger partial charge on any atom is -0.497 e. The summed E-state index contributed by atoms with van der Waals surface area (Å²) in [4.78, 5) is 17.2. The SMILES string of the molecule is COc1cccc(CNC(=O)c2cc(C3=NN(CC4CCC(N)CC4)N[NH2+]3)cc(C)n2)c1. The Morgan fingerprint density at radius 1 is 1.28 bits per heavy atom. The van der Waals surface area contributed by atoms with Crippen molar-refractivity contribution in [2.75, 3.05) is 13.7 Å². The quantitative estimate of drug-likeness (QED) is 0.475. The van der Waals surface area contributed by atoms with Crippen molar-refractivity contribution in [2.45, 2.75) is 45.2 Å². The summed E-state index contributed by atoms with van der Waals surface area (Å²) in [6.45, 7) is 3.13. The summed E-state index contributed by atoms with van der Waals surface area (Å²) in [5, 5.41) is 9.52. The molecular formula is C23H32N7O2+. The van der Waals surface area contributed by atoms with Gasteiger partial charge in [0, 0.05) is 18.3 Å². The van der Waals surface area contributed by atoms with E-state index in [0.29, 0.717) is 24.2 Å². The fourth-order valence-electron chi connectivity index (χ4n) is 4.16. The number of aromatic nitrogens is 1. The van der Waals surface area contributed by atoms with Crippen LogP contribution in [0, 0.1) is 12.8 Å². The minimum absolute atomic E-state index is 0.222. The number of carbonyl (C=O) groups excluding carboxylic acids is 1. The van der Waals surface area contributed by atoms with Gasteiger partial charge in [0.25, 0.3) is 11.7 Å². The second-order valence-electron chi connectivity index (χ2n) is 8.54. The molecule has 2 aromatic rings. The molecule has 170 valence electrons. The number of hydrogen-bond donors (Lipinski definition) is 4. The first-order chi connectivity index (χ1) is 15.5. The first-order valence-electron chi connectivity index (χ1n) is 11.1. The van der Waals surface area contributed by atoms with Gasteiger partial charge in [0.05, 0.1) is 19.2 Å². The third kappa shape index (κ3) is 5.61. The number of hydrazine groups is 1. The summed E-state index contributed by atoms with van der Waals surface area (Å²) in [6, 6.07) is 11.7. The van der Waals surface area contributed by atoms with E-state index in [9.17, 15) is 4.79 Å². The molecule has 1 aromatic carbocycles. The van der Waals surface area contributed by atoms with E-state index in [-0.39, 0.29) is 5.91 Å². The number of benzene rings is 1. The topological polar surface area (TPSA) is 121 Å². The van der Waals surface area contributed by atoms with Gasteiger partial charge in [-0.15, -0.1) is 0 Å². The summed E-state index contributed by atoms with van der Waals surface area (Å²) < 4.78 is 5.24. The largest absolute Gasteiger partial charge is 0.497 e. The fourth-order valence-corrected chi connectivity index (χ4v) is 4.16. The van der Waals surface area contributed by atoms with E-state index in [1.807, 2.05) is 47.8 Å². The highest BCUT2D eigenvalue weighted by Crippen LogP contribution is 2.24. The predicted octanol–water partition coefficient (Wildman–Crippen LogP) is 0.806. The van der Waals surface area contributed by atoms with Crippen LogP contribution in [0.15, 0.2) is 41.5 Å². The first-order valence-corrected chi connectivity index (χ1v) is 11.1. The van der Waals surface area contributed by atoms with Gasteiger partial charge in [-0.2, -0.15) is 10.5 Å². The van der Waals surface area contributed by atoms with Gasteiger partial charge in [-0.25, -0.2) is 4.98 Å². The average Bonchev–Trinajstić information content (AvgIpc) is 3.27. The van der Waals surface area contributed by atoms with Crippen molar-refractivity contribution in [1.29, 1.82) is 0 Å². The molecule has 6 N–H and O–H groups in total. The van der Waals surface area contributed by atoms with Crippen LogP contribution in [0.1, 0.15) is 53.0 Å². The molecule has 32 heavy (non-hydrogen) atoms. The van der Waals surface area contributed by atoms with Crippen LogP contribution < -0.4 is 26.7 Å². The summed E-state index contributed by atoms with van der Waals surface area (Å²) in [7, 11) is 1.62. The molecule has 2 aliphatic rings. The highest BCUT2D eigenvalue weighted by molar-refractivity contribution is 5.97.